The van der Waals surface area contributed by atoms with E-state index in [2.05, 4.69) is 5.32 Å². The van der Waals surface area contributed by atoms with E-state index >= 15 is 0 Å². The van der Waals surface area contributed by atoms with Crippen molar-refractivity contribution in [2.45, 2.75) is 42.2 Å². The number of anilines is 1. The van der Waals surface area contributed by atoms with Gasteiger partial charge in [0.05, 0.1) is 23.7 Å². The zero-order chi connectivity index (χ0) is 18.6. The molecule has 0 atom stereocenters. The minimum absolute atomic E-state index is 0.180. The van der Waals surface area contributed by atoms with E-state index in [9.17, 15) is 13.2 Å². The number of amides is 1. The lowest BCUT2D eigenvalue weighted by Gasteiger charge is -2.12. The maximum absolute atomic E-state index is 12.6. The smallest absolute Gasteiger partial charge is 0.228 e. The molecule has 0 aliphatic heterocycles. The second kappa shape index (κ2) is 7.91. The minimum Gasteiger partial charge on any atom is -0.496 e. The summed E-state index contributed by atoms with van der Waals surface area (Å²) in [6.45, 7) is 0. The molecule has 0 aromatic heterocycles. The highest BCUT2D eigenvalue weighted by molar-refractivity contribution is 7.92. The van der Waals surface area contributed by atoms with Crippen molar-refractivity contribution in [2.75, 3.05) is 12.4 Å². The van der Waals surface area contributed by atoms with E-state index in [0.717, 1.165) is 31.2 Å². The lowest BCUT2D eigenvalue weighted by molar-refractivity contribution is -0.115. The predicted octanol–water partition coefficient (Wildman–Crippen LogP) is 3.59. The van der Waals surface area contributed by atoms with Gasteiger partial charge in [0.2, 0.25) is 5.91 Å². The third kappa shape index (κ3) is 4.07. The van der Waals surface area contributed by atoms with Gasteiger partial charge in [0.25, 0.3) is 0 Å². The van der Waals surface area contributed by atoms with Crippen LogP contribution >= 0.6 is 0 Å². The summed E-state index contributed by atoms with van der Waals surface area (Å²) in [6, 6.07) is 13.8. The summed E-state index contributed by atoms with van der Waals surface area (Å²) in [6.07, 6.45) is 3.60. The molecule has 6 heteroatoms. The molecule has 1 aliphatic carbocycles. The third-order valence-corrected chi connectivity index (χ3v) is 7.03. The van der Waals surface area contributed by atoms with Gasteiger partial charge in [0.15, 0.2) is 9.84 Å². The number of para-hydroxylation sites is 1. The average molecular weight is 373 g/mol. The molecule has 0 heterocycles. The van der Waals surface area contributed by atoms with E-state index in [0.29, 0.717) is 16.3 Å². The Balaban J connectivity index is 1.66. The summed E-state index contributed by atoms with van der Waals surface area (Å²) in [7, 11) is -1.70. The van der Waals surface area contributed by atoms with Crippen molar-refractivity contribution in [3.8, 4) is 5.75 Å². The molecule has 1 saturated carbocycles. The average Bonchev–Trinajstić information content (AvgIpc) is 3.18. The van der Waals surface area contributed by atoms with Crippen molar-refractivity contribution in [2.24, 2.45) is 0 Å². The molecular weight excluding hydrogens is 350 g/mol. The van der Waals surface area contributed by atoms with Gasteiger partial charge < -0.3 is 10.1 Å². The third-order valence-electron chi connectivity index (χ3n) is 4.75. The van der Waals surface area contributed by atoms with Gasteiger partial charge in [-0.05, 0) is 43.2 Å². The van der Waals surface area contributed by atoms with Crippen LogP contribution in [0.1, 0.15) is 31.2 Å². The van der Waals surface area contributed by atoms with Crippen LogP contribution in [0.15, 0.2) is 53.4 Å². The van der Waals surface area contributed by atoms with Gasteiger partial charge >= 0.3 is 0 Å². The highest BCUT2D eigenvalue weighted by Crippen LogP contribution is 2.30. The van der Waals surface area contributed by atoms with Crippen molar-refractivity contribution >= 4 is 21.4 Å². The lowest BCUT2D eigenvalue weighted by atomic mass is 10.1. The summed E-state index contributed by atoms with van der Waals surface area (Å²) < 4.78 is 30.4. The number of rotatable bonds is 6. The number of benzene rings is 2. The second-order valence-corrected chi connectivity index (χ2v) is 8.74. The quantitative estimate of drug-likeness (QED) is 0.840. The molecule has 0 unspecified atom stereocenters. The van der Waals surface area contributed by atoms with Gasteiger partial charge in [0.1, 0.15) is 5.75 Å². The van der Waals surface area contributed by atoms with E-state index in [1.165, 1.54) is 0 Å². The second-order valence-electron chi connectivity index (χ2n) is 6.51. The molecule has 2 aromatic carbocycles. The van der Waals surface area contributed by atoms with Crippen LogP contribution in [0.4, 0.5) is 5.69 Å². The molecule has 3 rings (SSSR count). The fourth-order valence-corrected chi connectivity index (χ4v) is 5.20. The monoisotopic (exact) mass is 373 g/mol. The van der Waals surface area contributed by atoms with E-state index in [1.54, 1.807) is 31.4 Å². The molecule has 1 aliphatic rings. The van der Waals surface area contributed by atoms with Gasteiger partial charge in [0, 0.05) is 11.3 Å². The Bertz CT molecular complexity index is 869. The van der Waals surface area contributed by atoms with Gasteiger partial charge in [-0.1, -0.05) is 31.0 Å². The number of ether oxygens (including phenoxy) is 1. The molecule has 1 amide bonds. The molecule has 1 fully saturated rings. The topological polar surface area (TPSA) is 72.5 Å². The normalized spacial score (nSPS) is 15.0. The highest BCUT2D eigenvalue weighted by atomic mass is 32.2. The SMILES string of the molecule is COc1ccccc1CC(=O)Nc1ccc(S(=O)(=O)C2CCCC2)cc1. The number of carbonyl (C=O) groups is 1. The molecule has 0 bridgehead atoms. The summed E-state index contributed by atoms with van der Waals surface area (Å²) in [5.41, 5.74) is 1.38. The van der Waals surface area contributed by atoms with Crippen molar-refractivity contribution in [1.29, 1.82) is 0 Å². The van der Waals surface area contributed by atoms with Gasteiger partial charge in [-0.15, -0.1) is 0 Å². The Morgan fingerprint density at radius 1 is 1.08 bits per heavy atom. The van der Waals surface area contributed by atoms with Crippen molar-refractivity contribution in [3.63, 3.8) is 0 Å². The number of sulfone groups is 1. The van der Waals surface area contributed by atoms with E-state index in [1.807, 2.05) is 24.3 Å². The van der Waals surface area contributed by atoms with Crippen LogP contribution in [0.25, 0.3) is 0 Å². The van der Waals surface area contributed by atoms with Crippen LogP contribution in [0.5, 0.6) is 5.75 Å². The molecule has 0 radical (unpaired) electrons. The van der Waals surface area contributed by atoms with Gasteiger partial charge in [-0.25, -0.2) is 8.42 Å². The van der Waals surface area contributed by atoms with Crippen molar-refractivity contribution in [1.82, 2.24) is 0 Å². The first kappa shape index (κ1) is 18.5. The van der Waals surface area contributed by atoms with Crippen LogP contribution in [0, 0.1) is 0 Å². The molecular formula is C20H23NO4S. The zero-order valence-electron chi connectivity index (χ0n) is 14.8. The largest absolute Gasteiger partial charge is 0.496 e. The van der Waals surface area contributed by atoms with Crippen LogP contribution in [-0.2, 0) is 21.1 Å². The Morgan fingerprint density at radius 3 is 2.38 bits per heavy atom. The molecule has 0 spiro atoms. The molecule has 0 saturated heterocycles. The highest BCUT2D eigenvalue weighted by Gasteiger charge is 2.30. The Hall–Kier alpha value is -2.34. The first-order valence-corrected chi connectivity index (χ1v) is 10.3. The van der Waals surface area contributed by atoms with E-state index in [4.69, 9.17) is 4.74 Å². The fourth-order valence-electron chi connectivity index (χ4n) is 3.35. The summed E-state index contributed by atoms with van der Waals surface area (Å²) in [5.74, 6) is 0.488. The van der Waals surface area contributed by atoms with Crippen LogP contribution in [-0.4, -0.2) is 26.7 Å². The molecule has 5 nitrogen and oxygen atoms in total. The predicted molar refractivity (Wildman–Crippen MR) is 101 cm³/mol. The number of carbonyl (C=O) groups excluding carboxylic acids is 1. The summed E-state index contributed by atoms with van der Waals surface area (Å²) >= 11 is 0. The molecule has 26 heavy (non-hydrogen) atoms. The zero-order valence-corrected chi connectivity index (χ0v) is 15.6. The van der Waals surface area contributed by atoms with Gasteiger partial charge in [-0.2, -0.15) is 0 Å². The van der Waals surface area contributed by atoms with Gasteiger partial charge in [-0.3, -0.25) is 4.79 Å². The molecule has 1 N–H and O–H groups in total. The minimum atomic E-state index is -3.27. The Labute approximate surface area is 154 Å². The first-order chi connectivity index (χ1) is 12.5. The molecule has 138 valence electrons. The van der Waals surface area contributed by atoms with E-state index < -0.39 is 9.84 Å². The summed E-state index contributed by atoms with van der Waals surface area (Å²) in [5, 5.41) is 2.53. The number of nitrogens with one attached hydrogen (secondary N) is 1. The Morgan fingerprint density at radius 2 is 1.73 bits per heavy atom. The maximum atomic E-state index is 12.6. The fraction of sp³-hybridized carbons (Fsp3) is 0.350. The Kier molecular flexibility index (Phi) is 5.61. The number of methoxy groups -OCH3 is 1. The van der Waals surface area contributed by atoms with Crippen LogP contribution in [0.3, 0.4) is 0 Å². The maximum Gasteiger partial charge on any atom is 0.228 e. The van der Waals surface area contributed by atoms with Crippen LogP contribution < -0.4 is 10.1 Å². The first-order valence-electron chi connectivity index (χ1n) is 8.76. The molecule has 2 aromatic rings. The van der Waals surface area contributed by atoms with Crippen molar-refractivity contribution in [3.05, 3.63) is 54.1 Å². The van der Waals surface area contributed by atoms with Crippen molar-refractivity contribution < 1.29 is 17.9 Å². The van der Waals surface area contributed by atoms with Crippen LogP contribution in [0.2, 0.25) is 0 Å². The number of hydrogen-bond donors (Lipinski definition) is 1. The van der Waals surface area contributed by atoms with E-state index in [-0.39, 0.29) is 17.6 Å². The lowest BCUT2D eigenvalue weighted by Crippen LogP contribution is -2.18. The summed E-state index contributed by atoms with van der Waals surface area (Å²) in [4.78, 5) is 12.6. The standard InChI is InChI=1S/C20H23NO4S/c1-25-19-9-5-2-6-15(19)14-20(22)21-16-10-12-18(13-11-16)26(23,24)17-7-3-4-8-17/h2,5-6,9-13,17H,3-4,7-8,14H2,1H3,(H,21,22). The number of hydrogen-bond acceptors (Lipinski definition) is 4.